The molecular weight excluding hydrogens is 152 g/mol. The number of rotatable bonds is 2. The highest BCUT2D eigenvalue weighted by atomic mass is 16.1. The molecule has 2 nitrogen and oxygen atoms in total. The molecule has 0 aliphatic heterocycles. The molecule has 0 spiro atoms. The second kappa shape index (κ2) is 2.54. The summed E-state index contributed by atoms with van der Waals surface area (Å²) in [5.41, 5.74) is 0. The zero-order valence-corrected chi connectivity index (χ0v) is 7.07. The molecule has 0 radical (unpaired) electrons. The Balaban J connectivity index is 2.28. The first-order valence-electron chi connectivity index (χ1n) is 4.38. The van der Waals surface area contributed by atoms with Gasteiger partial charge in [0.05, 0.1) is 0 Å². The van der Waals surface area contributed by atoms with E-state index in [-0.39, 0.29) is 17.6 Å². The number of carbonyl (C=O) groups excluding carboxylic acids is 2. The molecule has 4 atom stereocenters. The molecule has 4 unspecified atom stereocenters. The highest BCUT2D eigenvalue weighted by Gasteiger charge is 2.46. The van der Waals surface area contributed by atoms with E-state index >= 15 is 0 Å². The SMILES string of the molecule is CC(=O)C1C2C=CC(C2)C1C=O. The third-order valence-electron chi connectivity index (χ3n) is 3.15. The Hall–Kier alpha value is -0.920. The van der Waals surface area contributed by atoms with Crippen molar-refractivity contribution in [3.63, 3.8) is 0 Å². The molecule has 2 heteroatoms. The molecule has 0 N–H and O–H groups in total. The van der Waals surface area contributed by atoms with Gasteiger partial charge in [-0.15, -0.1) is 0 Å². The lowest BCUT2D eigenvalue weighted by molar-refractivity contribution is -0.126. The molecule has 2 bridgehead atoms. The Morgan fingerprint density at radius 1 is 1.42 bits per heavy atom. The highest BCUT2D eigenvalue weighted by molar-refractivity contribution is 5.83. The van der Waals surface area contributed by atoms with E-state index in [1.165, 1.54) is 0 Å². The number of aldehydes is 1. The van der Waals surface area contributed by atoms with Crippen molar-refractivity contribution in [2.24, 2.45) is 23.7 Å². The summed E-state index contributed by atoms with van der Waals surface area (Å²) in [5.74, 6) is 0.822. The lowest BCUT2D eigenvalue weighted by atomic mass is 9.82. The second-order valence-corrected chi connectivity index (χ2v) is 3.80. The van der Waals surface area contributed by atoms with Crippen molar-refractivity contribution in [1.82, 2.24) is 0 Å². The van der Waals surface area contributed by atoms with E-state index in [2.05, 4.69) is 12.2 Å². The van der Waals surface area contributed by atoms with Crippen LogP contribution in [0.1, 0.15) is 13.3 Å². The first-order valence-corrected chi connectivity index (χ1v) is 4.38. The Labute approximate surface area is 71.6 Å². The van der Waals surface area contributed by atoms with Gasteiger partial charge in [0.25, 0.3) is 0 Å². The second-order valence-electron chi connectivity index (χ2n) is 3.80. The van der Waals surface area contributed by atoms with Crippen LogP contribution in [0.15, 0.2) is 12.2 Å². The summed E-state index contributed by atoms with van der Waals surface area (Å²) in [4.78, 5) is 21.9. The maximum absolute atomic E-state index is 11.2. The van der Waals surface area contributed by atoms with E-state index in [1.807, 2.05) is 0 Å². The third kappa shape index (κ3) is 0.872. The van der Waals surface area contributed by atoms with Crippen molar-refractivity contribution in [3.8, 4) is 0 Å². The van der Waals surface area contributed by atoms with Crippen LogP contribution in [0, 0.1) is 23.7 Å². The van der Waals surface area contributed by atoms with Crippen LogP contribution in [0.25, 0.3) is 0 Å². The molecule has 2 aliphatic carbocycles. The summed E-state index contributed by atoms with van der Waals surface area (Å²) in [6.45, 7) is 1.59. The molecule has 0 aromatic rings. The number of ketones is 1. The minimum atomic E-state index is -0.0301. The van der Waals surface area contributed by atoms with E-state index in [1.54, 1.807) is 6.92 Å². The van der Waals surface area contributed by atoms with Gasteiger partial charge in [-0.2, -0.15) is 0 Å². The quantitative estimate of drug-likeness (QED) is 0.454. The van der Waals surface area contributed by atoms with Crippen molar-refractivity contribution >= 4 is 12.1 Å². The van der Waals surface area contributed by atoms with Gasteiger partial charge < -0.3 is 4.79 Å². The molecule has 1 saturated carbocycles. The molecule has 12 heavy (non-hydrogen) atoms. The Morgan fingerprint density at radius 2 is 2.08 bits per heavy atom. The molecule has 1 fully saturated rings. The van der Waals surface area contributed by atoms with E-state index < -0.39 is 0 Å². The van der Waals surface area contributed by atoms with Gasteiger partial charge in [-0.1, -0.05) is 12.2 Å². The largest absolute Gasteiger partial charge is 0.303 e. The predicted molar refractivity (Wildman–Crippen MR) is 44.5 cm³/mol. The van der Waals surface area contributed by atoms with Gasteiger partial charge in [0.1, 0.15) is 12.1 Å². The van der Waals surface area contributed by atoms with Crippen LogP contribution in [0.4, 0.5) is 0 Å². The first-order chi connectivity index (χ1) is 5.74. The van der Waals surface area contributed by atoms with Crippen LogP contribution in [0.2, 0.25) is 0 Å². The van der Waals surface area contributed by atoms with Crippen LogP contribution >= 0.6 is 0 Å². The van der Waals surface area contributed by atoms with Gasteiger partial charge in [0.2, 0.25) is 0 Å². The van der Waals surface area contributed by atoms with E-state index in [0.717, 1.165) is 12.7 Å². The average molecular weight is 164 g/mol. The smallest absolute Gasteiger partial charge is 0.134 e. The van der Waals surface area contributed by atoms with Crippen LogP contribution in [0.3, 0.4) is 0 Å². The summed E-state index contributed by atoms with van der Waals surface area (Å²) >= 11 is 0. The summed E-state index contributed by atoms with van der Waals surface area (Å²) < 4.78 is 0. The third-order valence-corrected chi connectivity index (χ3v) is 3.15. The molecule has 0 heterocycles. The van der Waals surface area contributed by atoms with Gasteiger partial charge in [-0.25, -0.2) is 0 Å². The average Bonchev–Trinajstić information content (AvgIpc) is 2.60. The molecule has 2 aliphatic rings. The topological polar surface area (TPSA) is 34.1 Å². The number of hydrogen-bond donors (Lipinski definition) is 0. The molecular formula is C10H12O2. The van der Waals surface area contributed by atoms with Crippen LogP contribution in [-0.4, -0.2) is 12.1 Å². The minimum absolute atomic E-state index is 0.0162. The Kier molecular flexibility index (Phi) is 1.63. The lowest BCUT2D eigenvalue weighted by Crippen LogP contribution is -2.26. The monoisotopic (exact) mass is 164 g/mol. The summed E-state index contributed by atoms with van der Waals surface area (Å²) in [6, 6.07) is 0. The molecule has 0 aromatic carbocycles. The number of allylic oxidation sites excluding steroid dienone is 2. The Morgan fingerprint density at radius 3 is 2.58 bits per heavy atom. The molecule has 64 valence electrons. The fourth-order valence-electron chi connectivity index (χ4n) is 2.62. The van der Waals surface area contributed by atoms with Gasteiger partial charge in [-0.3, -0.25) is 4.79 Å². The van der Waals surface area contributed by atoms with Crippen LogP contribution in [0.5, 0.6) is 0 Å². The fourth-order valence-corrected chi connectivity index (χ4v) is 2.62. The zero-order valence-electron chi connectivity index (χ0n) is 7.07. The predicted octanol–water partition coefficient (Wildman–Crippen LogP) is 1.21. The van der Waals surface area contributed by atoms with Gasteiger partial charge >= 0.3 is 0 Å². The minimum Gasteiger partial charge on any atom is -0.303 e. The lowest BCUT2D eigenvalue weighted by Gasteiger charge is -2.20. The summed E-state index contributed by atoms with van der Waals surface area (Å²) in [5, 5.41) is 0. The molecule has 0 amide bonds. The van der Waals surface area contributed by atoms with Crippen LogP contribution in [-0.2, 0) is 9.59 Å². The standard InChI is InChI=1S/C10H12O2/c1-6(12)10-8-3-2-7(4-8)9(10)5-11/h2-3,5,7-10H,4H2,1H3. The summed E-state index contributed by atoms with van der Waals surface area (Å²) in [6.07, 6.45) is 6.15. The van der Waals surface area contributed by atoms with Crippen molar-refractivity contribution < 1.29 is 9.59 Å². The van der Waals surface area contributed by atoms with Crippen LogP contribution < -0.4 is 0 Å². The number of carbonyl (C=O) groups is 2. The fraction of sp³-hybridized carbons (Fsp3) is 0.600. The maximum atomic E-state index is 11.2. The molecule has 2 rings (SSSR count). The van der Waals surface area contributed by atoms with Gasteiger partial charge in [-0.05, 0) is 25.2 Å². The van der Waals surface area contributed by atoms with Gasteiger partial charge in [0, 0.05) is 11.8 Å². The highest BCUT2D eigenvalue weighted by Crippen LogP contribution is 2.47. The number of hydrogen-bond acceptors (Lipinski definition) is 2. The number of fused-ring (bicyclic) bond motifs is 2. The van der Waals surface area contributed by atoms with Crippen molar-refractivity contribution in [2.75, 3.05) is 0 Å². The van der Waals surface area contributed by atoms with Crippen molar-refractivity contribution in [1.29, 1.82) is 0 Å². The normalized spacial score (nSPS) is 43.4. The molecule has 0 aromatic heterocycles. The van der Waals surface area contributed by atoms with Crippen molar-refractivity contribution in [3.05, 3.63) is 12.2 Å². The van der Waals surface area contributed by atoms with E-state index in [0.29, 0.717) is 11.8 Å². The van der Waals surface area contributed by atoms with Gasteiger partial charge in [0.15, 0.2) is 0 Å². The zero-order chi connectivity index (χ0) is 8.72. The van der Waals surface area contributed by atoms with E-state index in [9.17, 15) is 9.59 Å². The maximum Gasteiger partial charge on any atom is 0.134 e. The molecule has 0 saturated heterocycles. The summed E-state index contributed by atoms with van der Waals surface area (Å²) in [7, 11) is 0. The first kappa shape index (κ1) is 7.71. The number of Topliss-reactive ketones (excluding diaryl/α,β-unsaturated/α-hetero) is 1. The van der Waals surface area contributed by atoms with Crippen molar-refractivity contribution in [2.45, 2.75) is 13.3 Å². The Bertz CT molecular complexity index is 255. The van der Waals surface area contributed by atoms with E-state index in [4.69, 9.17) is 0 Å².